The predicted octanol–water partition coefficient (Wildman–Crippen LogP) is 4.86. The first-order valence-electron chi connectivity index (χ1n) is 10.1. The van der Waals surface area contributed by atoms with E-state index in [1.165, 1.54) is 11.1 Å². The molecule has 2 heterocycles. The number of carbonyl (C=O) groups is 1. The second kappa shape index (κ2) is 7.47. The zero-order valence-electron chi connectivity index (χ0n) is 17.5. The molecule has 1 saturated heterocycles. The zero-order valence-corrected chi connectivity index (χ0v) is 17.5. The van der Waals surface area contributed by atoms with E-state index in [0.29, 0.717) is 31.2 Å². The first-order valence-corrected chi connectivity index (χ1v) is 10.1. The summed E-state index contributed by atoms with van der Waals surface area (Å²) >= 11 is 0. The Hall–Kier alpha value is -2.95. The molecule has 5 heteroatoms. The Bertz CT molecular complexity index is 998. The molecule has 1 aromatic heterocycles. The minimum atomic E-state index is -0.0284. The molecule has 0 saturated carbocycles. The molecule has 150 valence electrons. The van der Waals surface area contributed by atoms with Gasteiger partial charge in [-0.05, 0) is 35.6 Å². The zero-order chi connectivity index (χ0) is 20.6. The summed E-state index contributed by atoms with van der Waals surface area (Å²) in [6.45, 7) is 9.86. The van der Waals surface area contributed by atoms with Crippen molar-refractivity contribution in [3.63, 3.8) is 0 Å². The van der Waals surface area contributed by atoms with E-state index in [-0.39, 0.29) is 17.2 Å². The number of benzene rings is 2. The Labute approximate surface area is 171 Å². The van der Waals surface area contributed by atoms with Crippen LogP contribution in [0.5, 0.6) is 0 Å². The van der Waals surface area contributed by atoms with Crippen molar-refractivity contribution in [3.8, 4) is 11.5 Å². The summed E-state index contributed by atoms with van der Waals surface area (Å²) < 4.78 is 5.50. The van der Waals surface area contributed by atoms with Gasteiger partial charge in [-0.2, -0.15) is 4.98 Å². The van der Waals surface area contributed by atoms with Crippen LogP contribution >= 0.6 is 0 Å². The topological polar surface area (TPSA) is 59.2 Å². The van der Waals surface area contributed by atoms with E-state index in [0.717, 1.165) is 11.1 Å². The number of hydrogen-bond acceptors (Lipinski definition) is 4. The van der Waals surface area contributed by atoms with Crippen LogP contribution in [0.15, 0.2) is 53.1 Å². The fourth-order valence-corrected chi connectivity index (χ4v) is 3.64. The molecule has 0 radical (unpaired) electrons. The molecule has 0 N–H and O–H groups in total. The third kappa shape index (κ3) is 4.24. The maximum atomic E-state index is 12.5. The Morgan fingerprint density at radius 3 is 2.41 bits per heavy atom. The Morgan fingerprint density at radius 1 is 1.07 bits per heavy atom. The Kier molecular flexibility index (Phi) is 4.99. The van der Waals surface area contributed by atoms with Gasteiger partial charge in [-0.1, -0.05) is 67.9 Å². The number of rotatable bonds is 4. The van der Waals surface area contributed by atoms with Crippen LogP contribution in [-0.4, -0.2) is 27.5 Å². The lowest BCUT2D eigenvalue weighted by atomic mass is 9.87. The quantitative estimate of drug-likeness (QED) is 0.639. The minimum absolute atomic E-state index is 0.0284. The second-order valence-corrected chi connectivity index (χ2v) is 8.95. The summed E-state index contributed by atoms with van der Waals surface area (Å²) in [5.74, 6) is 1.22. The van der Waals surface area contributed by atoms with E-state index in [9.17, 15) is 4.79 Å². The van der Waals surface area contributed by atoms with Gasteiger partial charge in [-0.25, -0.2) is 0 Å². The van der Waals surface area contributed by atoms with Crippen molar-refractivity contribution in [1.82, 2.24) is 15.0 Å². The number of aromatic nitrogens is 2. The van der Waals surface area contributed by atoms with Crippen molar-refractivity contribution in [2.45, 2.75) is 52.0 Å². The number of carbonyl (C=O) groups excluding carboxylic acids is 1. The highest BCUT2D eigenvalue weighted by molar-refractivity contribution is 5.79. The molecule has 29 heavy (non-hydrogen) atoms. The lowest BCUT2D eigenvalue weighted by Gasteiger charge is -2.18. The van der Waals surface area contributed by atoms with E-state index < -0.39 is 0 Å². The molecule has 1 aliphatic rings. The molecule has 1 fully saturated rings. The standard InChI is InChI=1S/C24H27N3O2/c1-16-5-7-17(8-6-16)14-27-15-19(13-21(27)28)22-25-23(29-26-22)18-9-11-20(12-10-18)24(2,3)4/h5-12,19H,13-15H2,1-4H3. The normalized spacial score (nSPS) is 17.2. The number of likely N-dealkylation sites (tertiary alicyclic amines) is 1. The van der Waals surface area contributed by atoms with Gasteiger partial charge in [0.2, 0.25) is 5.91 Å². The minimum Gasteiger partial charge on any atom is -0.338 e. The molecular weight excluding hydrogens is 362 g/mol. The van der Waals surface area contributed by atoms with E-state index in [1.54, 1.807) is 0 Å². The van der Waals surface area contributed by atoms with Crippen molar-refractivity contribution in [2.75, 3.05) is 6.54 Å². The SMILES string of the molecule is Cc1ccc(CN2CC(c3noc(-c4ccc(C(C)(C)C)cc4)n3)CC2=O)cc1. The molecule has 0 spiro atoms. The van der Waals surface area contributed by atoms with Crippen molar-refractivity contribution >= 4 is 5.91 Å². The molecule has 1 atom stereocenters. The van der Waals surface area contributed by atoms with Gasteiger partial charge in [0, 0.05) is 31.0 Å². The van der Waals surface area contributed by atoms with Crippen LogP contribution in [-0.2, 0) is 16.8 Å². The van der Waals surface area contributed by atoms with Gasteiger partial charge in [-0.3, -0.25) is 4.79 Å². The van der Waals surface area contributed by atoms with Crippen LogP contribution in [0.1, 0.15) is 55.6 Å². The third-order valence-electron chi connectivity index (χ3n) is 5.51. The molecule has 0 aliphatic carbocycles. The fourth-order valence-electron chi connectivity index (χ4n) is 3.64. The summed E-state index contributed by atoms with van der Waals surface area (Å²) in [5, 5.41) is 4.17. The maximum absolute atomic E-state index is 12.5. The van der Waals surface area contributed by atoms with Gasteiger partial charge in [0.25, 0.3) is 5.89 Å². The smallest absolute Gasteiger partial charge is 0.257 e. The van der Waals surface area contributed by atoms with E-state index in [2.05, 4.69) is 74.2 Å². The average molecular weight is 389 g/mol. The van der Waals surface area contributed by atoms with E-state index in [4.69, 9.17) is 4.52 Å². The summed E-state index contributed by atoms with van der Waals surface area (Å²) in [7, 11) is 0. The van der Waals surface area contributed by atoms with Crippen LogP contribution in [0.3, 0.4) is 0 Å². The van der Waals surface area contributed by atoms with Crippen LogP contribution in [0, 0.1) is 6.92 Å². The number of hydrogen-bond donors (Lipinski definition) is 0. The third-order valence-corrected chi connectivity index (χ3v) is 5.51. The molecular formula is C24H27N3O2. The van der Waals surface area contributed by atoms with Crippen LogP contribution in [0.25, 0.3) is 11.5 Å². The first-order chi connectivity index (χ1) is 13.8. The molecule has 4 rings (SSSR count). The van der Waals surface area contributed by atoms with Crippen LogP contribution < -0.4 is 0 Å². The number of aryl methyl sites for hydroxylation is 1. The summed E-state index contributed by atoms with van der Waals surface area (Å²) in [4.78, 5) is 18.9. The monoisotopic (exact) mass is 389 g/mol. The molecule has 2 aromatic carbocycles. The summed E-state index contributed by atoms with van der Waals surface area (Å²) in [5.41, 5.74) is 4.61. The Balaban J connectivity index is 1.45. The van der Waals surface area contributed by atoms with Crippen molar-refractivity contribution in [3.05, 3.63) is 71.0 Å². The van der Waals surface area contributed by atoms with Gasteiger partial charge in [-0.15, -0.1) is 0 Å². The van der Waals surface area contributed by atoms with Gasteiger partial charge in [0.15, 0.2) is 5.82 Å². The molecule has 5 nitrogen and oxygen atoms in total. The summed E-state index contributed by atoms with van der Waals surface area (Å²) in [6, 6.07) is 16.5. The fraction of sp³-hybridized carbons (Fsp3) is 0.375. The lowest BCUT2D eigenvalue weighted by molar-refractivity contribution is -0.128. The molecule has 1 unspecified atom stereocenters. The first kappa shape index (κ1) is 19.4. The van der Waals surface area contributed by atoms with E-state index in [1.807, 2.05) is 17.0 Å². The predicted molar refractivity (Wildman–Crippen MR) is 112 cm³/mol. The van der Waals surface area contributed by atoms with Crippen LogP contribution in [0.4, 0.5) is 0 Å². The summed E-state index contributed by atoms with van der Waals surface area (Å²) in [6.07, 6.45) is 0.424. The van der Waals surface area contributed by atoms with Gasteiger partial charge >= 0.3 is 0 Å². The molecule has 3 aromatic rings. The molecule has 1 amide bonds. The lowest BCUT2D eigenvalue weighted by Crippen LogP contribution is -2.24. The Morgan fingerprint density at radius 2 is 1.76 bits per heavy atom. The number of amides is 1. The van der Waals surface area contributed by atoms with Crippen molar-refractivity contribution < 1.29 is 9.32 Å². The highest BCUT2D eigenvalue weighted by atomic mass is 16.5. The highest BCUT2D eigenvalue weighted by Crippen LogP contribution is 2.30. The maximum Gasteiger partial charge on any atom is 0.257 e. The van der Waals surface area contributed by atoms with Gasteiger partial charge in [0.05, 0.1) is 0 Å². The van der Waals surface area contributed by atoms with Crippen molar-refractivity contribution in [1.29, 1.82) is 0 Å². The van der Waals surface area contributed by atoms with Gasteiger partial charge < -0.3 is 9.42 Å². The highest BCUT2D eigenvalue weighted by Gasteiger charge is 2.33. The van der Waals surface area contributed by atoms with Gasteiger partial charge in [0.1, 0.15) is 0 Å². The van der Waals surface area contributed by atoms with Crippen molar-refractivity contribution in [2.24, 2.45) is 0 Å². The average Bonchev–Trinajstić information content (AvgIpc) is 3.30. The van der Waals surface area contributed by atoms with Crippen LogP contribution in [0.2, 0.25) is 0 Å². The second-order valence-electron chi connectivity index (χ2n) is 8.95. The largest absolute Gasteiger partial charge is 0.338 e. The number of nitrogens with zero attached hydrogens (tertiary/aromatic N) is 3. The molecule has 0 bridgehead atoms. The molecule has 1 aliphatic heterocycles. The van der Waals surface area contributed by atoms with E-state index >= 15 is 0 Å².